The summed E-state index contributed by atoms with van der Waals surface area (Å²) in [6, 6.07) is 0. The van der Waals surface area contributed by atoms with Gasteiger partial charge in [0, 0.05) is 19.6 Å². The maximum absolute atomic E-state index is 10.1. The van der Waals surface area contributed by atoms with Crippen molar-refractivity contribution in [2.45, 2.75) is 45.1 Å². The Morgan fingerprint density at radius 3 is 2.33 bits per heavy atom. The second kappa shape index (κ2) is 8.86. The Balaban J connectivity index is 2.44. The molecular formula is C14H29NO3. The maximum atomic E-state index is 10.1. The van der Waals surface area contributed by atoms with E-state index in [-0.39, 0.29) is 19.3 Å². The first-order valence-electron chi connectivity index (χ1n) is 7.33. The van der Waals surface area contributed by atoms with Crippen molar-refractivity contribution in [1.29, 1.82) is 0 Å². The molecule has 108 valence electrons. The van der Waals surface area contributed by atoms with Gasteiger partial charge >= 0.3 is 0 Å². The Hall–Kier alpha value is -0.160. The van der Waals surface area contributed by atoms with Crippen LogP contribution in [0.4, 0.5) is 0 Å². The molecule has 4 nitrogen and oxygen atoms in total. The fourth-order valence-corrected chi connectivity index (χ4v) is 3.12. The third kappa shape index (κ3) is 5.22. The molecule has 0 aromatic rings. The average molecular weight is 259 g/mol. The first-order valence-corrected chi connectivity index (χ1v) is 7.33. The predicted molar refractivity (Wildman–Crippen MR) is 72.4 cm³/mol. The zero-order valence-corrected chi connectivity index (χ0v) is 11.6. The van der Waals surface area contributed by atoms with Gasteiger partial charge in [-0.05, 0) is 31.1 Å². The molecule has 3 atom stereocenters. The summed E-state index contributed by atoms with van der Waals surface area (Å²) < 4.78 is 0. The van der Waals surface area contributed by atoms with Crippen LogP contribution in [0.5, 0.6) is 0 Å². The average Bonchev–Trinajstić information content (AvgIpc) is 2.34. The molecule has 18 heavy (non-hydrogen) atoms. The zero-order valence-electron chi connectivity index (χ0n) is 11.6. The summed E-state index contributed by atoms with van der Waals surface area (Å²) in [6.07, 6.45) is 5.39. The van der Waals surface area contributed by atoms with Crippen molar-refractivity contribution in [3.05, 3.63) is 0 Å². The van der Waals surface area contributed by atoms with E-state index >= 15 is 0 Å². The lowest BCUT2D eigenvalue weighted by atomic mass is 9.77. The highest BCUT2D eigenvalue weighted by atomic mass is 16.3. The van der Waals surface area contributed by atoms with E-state index in [2.05, 4.69) is 11.8 Å². The fraction of sp³-hybridized carbons (Fsp3) is 1.00. The molecule has 1 aliphatic rings. The molecule has 0 aliphatic heterocycles. The van der Waals surface area contributed by atoms with Gasteiger partial charge in [0.15, 0.2) is 0 Å². The molecule has 0 radical (unpaired) electrons. The summed E-state index contributed by atoms with van der Waals surface area (Å²) in [5, 5.41) is 28.1. The van der Waals surface area contributed by atoms with Gasteiger partial charge in [0.25, 0.3) is 0 Å². The van der Waals surface area contributed by atoms with E-state index in [1.807, 2.05) is 0 Å². The van der Waals surface area contributed by atoms with E-state index in [1.54, 1.807) is 0 Å². The quantitative estimate of drug-likeness (QED) is 0.605. The van der Waals surface area contributed by atoms with Crippen molar-refractivity contribution in [2.75, 3.05) is 32.8 Å². The maximum Gasteiger partial charge on any atom is 0.0580 e. The van der Waals surface area contributed by atoms with Gasteiger partial charge in [-0.1, -0.05) is 19.8 Å². The molecule has 1 aliphatic carbocycles. The number of nitrogens with zero attached hydrogens (tertiary/aromatic N) is 1. The molecule has 0 aromatic heterocycles. The minimum atomic E-state index is -0.210. The number of rotatable bonds is 8. The van der Waals surface area contributed by atoms with E-state index in [4.69, 9.17) is 10.2 Å². The second-order valence-corrected chi connectivity index (χ2v) is 5.54. The summed E-state index contributed by atoms with van der Waals surface area (Å²) in [5.41, 5.74) is 0. The second-order valence-electron chi connectivity index (χ2n) is 5.54. The Bertz CT molecular complexity index is 207. The van der Waals surface area contributed by atoms with Crippen LogP contribution < -0.4 is 0 Å². The van der Waals surface area contributed by atoms with Crippen LogP contribution in [0.25, 0.3) is 0 Å². The van der Waals surface area contributed by atoms with Crippen LogP contribution in [0.1, 0.15) is 39.0 Å². The summed E-state index contributed by atoms with van der Waals surface area (Å²) in [5.74, 6) is 1.04. The molecule has 0 spiro atoms. The lowest BCUT2D eigenvalue weighted by molar-refractivity contribution is 0.0199. The minimum Gasteiger partial charge on any atom is -0.395 e. The van der Waals surface area contributed by atoms with Gasteiger partial charge in [-0.15, -0.1) is 0 Å². The Kier molecular flexibility index (Phi) is 7.82. The van der Waals surface area contributed by atoms with Crippen molar-refractivity contribution in [3.8, 4) is 0 Å². The monoisotopic (exact) mass is 259 g/mol. The molecule has 0 amide bonds. The molecular weight excluding hydrogens is 230 g/mol. The van der Waals surface area contributed by atoms with Crippen LogP contribution in [0, 0.1) is 11.8 Å². The summed E-state index contributed by atoms with van der Waals surface area (Å²) in [4.78, 5) is 2.06. The largest absolute Gasteiger partial charge is 0.395 e. The molecule has 0 saturated heterocycles. The van der Waals surface area contributed by atoms with Gasteiger partial charge in [-0.2, -0.15) is 0 Å². The predicted octanol–water partition coefficient (Wildman–Crippen LogP) is 0.850. The Labute approximate surface area is 111 Å². The van der Waals surface area contributed by atoms with Crippen molar-refractivity contribution >= 4 is 0 Å². The standard InChI is InChI=1S/C14H29NO3/c1-2-3-12-4-5-14(18)13(10-12)11-15(6-8-16)7-9-17/h12-14,16-18H,2-11H2,1H3. The van der Waals surface area contributed by atoms with Crippen molar-refractivity contribution in [2.24, 2.45) is 11.8 Å². The van der Waals surface area contributed by atoms with Gasteiger partial charge < -0.3 is 15.3 Å². The van der Waals surface area contributed by atoms with Crippen molar-refractivity contribution in [3.63, 3.8) is 0 Å². The molecule has 3 unspecified atom stereocenters. The molecule has 4 heteroatoms. The highest BCUT2D eigenvalue weighted by Gasteiger charge is 2.29. The number of hydrogen-bond donors (Lipinski definition) is 3. The number of hydrogen-bond acceptors (Lipinski definition) is 4. The molecule has 1 saturated carbocycles. The molecule has 3 N–H and O–H groups in total. The third-order valence-electron chi connectivity index (χ3n) is 4.07. The normalized spacial score (nSPS) is 28.8. The molecule has 1 fully saturated rings. The first kappa shape index (κ1) is 15.9. The van der Waals surface area contributed by atoms with Crippen LogP contribution in [-0.4, -0.2) is 59.2 Å². The van der Waals surface area contributed by atoms with Crippen LogP contribution in [0.2, 0.25) is 0 Å². The lowest BCUT2D eigenvalue weighted by Gasteiger charge is -2.36. The molecule has 0 aromatic carbocycles. The van der Waals surface area contributed by atoms with E-state index in [0.717, 1.165) is 31.7 Å². The van der Waals surface area contributed by atoms with E-state index in [1.165, 1.54) is 12.8 Å². The van der Waals surface area contributed by atoms with Crippen LogP contribution in [0.15, 0.2) is 0 Å². The third-order valence-corrected chi connectivity index (χ3v) is 4.07. The van der Waals surface area contributed by atoms with E-state index < -0.39 is 0 Å². The first-order chi connectivity index (χ1) is 8.71. The summed E-state index contributed by atoms with van der Waals surface area (Å²) in [7, 11) is 0. The van der Waals surface area contributed by atoms with Crippen LogP contribution in [-0.2, 0) is 0 Å². The highest BCUT2D eigenvalue weighted by Crippen LogP contribution is 2.32. The van der Waals surface area contributed by atoms with Crippen molar-refractivity contribution < 1.29 is 15.3 Å². The summed E-state index contributed by atoms with van der Waals surface area (Å²) in [6.45, 7) is 4.40. The fourth-order valence-electron chi connectivity index (χ4n) is 3.12. The van der Waals surface area contributed by atoms with Crippen molar-refractivity contribution in [1.82, 2.24) is 4.90 Å². The van der Waals surface area contributed by atoms with Crippen LogP contribution >= 0.6 is 0 Å². The lowest BCUT2D eigenvalue weighted by Crippen LogP contribution is -2.41. The van der Waals surface area contributed by atoms with Gasteiger partial charge in [-0.3, -0.25) is 4.90 Å². The highest BCUT2D eigenvalue weighted by molar-refractivity contribution is 4.82. The van der Waals surface area contributed by atoms with Gasteiger partial charge in [-0.25, -0.2) is 0 Å². The van der Waals surface area contributed by atoms with E-state index in [9.17, 15) is 5.11 Å². The Morgan fingerprint density at radius 2 is 1.78 bits per heavy atom. The summed E-state index contributed by atoms with van der Waals surface area (Å²) >= 11 is 0. The number of aliphatic hydroxyl groups excluding tert-OH is 3. The SMILES string of the molecule is CCCC1CCC(O)C(CN(CCO)CCO)C1. The molecule has 1 rings (SSSR count). The topological polar surface area (TPSA) is 63.9 Å². The van der Waals surface area contributed by atoms with Gasteiger partial charge in [0.05, 0.1) is 19.3 Å². The smallest absolute Gasteiger partial charge is 0.0580 e. The minimum absolute atomic E-state index is 0.112. The number of aliphatic hydroxyl groups is 3. The van der Waals surface area contributed by atoms with Gasteiger partial charge in [0.2, 0.25) is 0 Å². The Morgan fingerprint density at radius 1 is 1.11 bits per heavy atom. The van der Waals surface area contributed by atoms with E-state index in [0.29, 0.717) is 19.0 Å². The zero-order chi connectivity index (χ0) is 13.4. The molecule has 0 bridgehead atoms. The molecule has 0 heterocycles. The van der Waals surface area contributed by atoms with Gasteiger partial charge in [0.1, 0.15) is 0 Å². The van der Waals surface area contributed by atoms with Crippen LogP contribution in [0.3, 0.4) is 0 Å².